The number of H-pyrrole nitrogens is 2. The number of aromatic nitrogens is 2. The standard InChI is InChI=1S/C7H11N3O2/c1-4(2)9-6(11)5-3-8-7(12)10-5/h3-4H,1-2H3,(H,9,11)(H2,8,10,12). The van der Waals surface area contributed by atoms with Crippen LogP contribution < -0.4 is 11.0 Å². The number of amides is 1. The predicted octanol–water partition coefficient (Wildman–Crippen LogP) is -0.159. The summed E-state index contributed by atoms with van der Waals surface area (Å²) >= 11 is 0. The van der Waals surface area contributed by atoms with Gasteiger partial charge in [-0.3, -0.25) is 4.79 Å². The first-order valence-corrected chi connectivity index (χ1v) is 3.68. The second-order valence-corrected chi connectivity index (χ2v) is 2.78. The smallest absolute Gasteiger partial charge is 0.323 e. The van der Waals surface area contributed by atoms with Crippen molar-refractivity contribution in [2.45, 2.75) is 19.9 Å². The van der Waals surface area contributed by atoms with Crippen molar-refractivity contribution in [3.63, 3.8) is 0 Å². The third kappa shape index (κ3) is 1.98. The number of carbonyl (C=O) groups excluding carboxylic acids is 1. The van der Waals surface area contributed by atoms with Crippen LogP contribution in [0.4, 0.5) is 0 Å². The van der Waals surface area contributed by atoms with E-state index in [1.807, 2.05) is 13.8 Å². The second kappa shape index (κ2) is 3.25. The molecule has 0 aliphatic heterocycles. The maximum Gasteiger partial charge on any atom is 0.323 e. The molecule has 0 aromatic carbocycles. The van der Waals surface area contributed by atoms with Crippen LogP contribution in [0.15, 0.2) is 11.0 Å². The lowest BCUT2D eigenvalue weighted by Crippen LogP contribution is -2.30. The van der Waals surface area contributed by atoms with E-state index >= 15 is 0 Å². The van der Waals surface area contributed by atoms with E-state index in [1.165, 1.54) is 6.20 Å². The van der Waals surface area contributed by atoms with Gasteiger partial charge in [-0.15, -0.1) is 0 Å². The van der Waals surface area contributed by atoms with Crippen LogP contribution in [0.3, 0.4) is 0 Å². The highest BCUT2D eigenvalue weighted by molar-refractivity contribution is 5.92. The topological polar surface area (TPSA) is 77.8 Å². The van der Waals surface area contributed by atoms with Gasteiger partial charge in [-0.2, -0.15) is 0 Å². The van der Waals surface area contributed by atoms with Gasteiger partial charge in [0.15, 0.2) is 0 Å². The maximum atomic E-state index is 11.2. The molecule has 1 aromatic heterocycles. The molecule has 12 heavy (non-hydrogen) atoms. The Morgan fingerprint density at radius 3 is 2.67 bits per heavy atom. The van der Waals surface area contributed by atoms with E-state index in [2.05, 4.69) is 15.3 Å². The fraction of sp³-hybridized carbons (Fsp3) is 0.429. The monoisotopic (exact) mass is 169 g/mol. The molecule has 0 saturated carbocycles. The van der Waals surface area contributed by atoms with Gasteiger partial charge in [-0.05, 0) is 13.8 Å². The Balaban J connectivity index is 2.72. The molecule has 1 aromatic rings. The largest absolute Gasteiger partial charge is 0.349 e. The summed E-state index contributed by atoms with van der Waals surface area (Å²) < 4.78 is 0. The highest BCUT2D eigenvalue weighted by Gasteiger charge is 2.07. The first-order chi connectivity index (χ1) is 5.59. The molecule has 5 heteroatoms. The highest BCUT2D eigenvalue weighted by Crippen LogP contribution is 1.88. The minimum atomic E-state index is -0.371. The molecular weight excluding hydrogens is 158 g/mol. The molecular formula is C7H11N3O2. The molecule has 0 bridgehead atoms. The molecule has 0 aliphatic carbocycles. The molecule has 66 valence electrons. The van der Waals surface area contributed by atoms with Crippen LogP contribution in [0.2, 0.25) is 0 Å². The molecule has 0 unspecified atom stereocenters. The van der Waals surface area contributed by atoms with Crippen molar-refractivity contribution in [1.29, 1.82) is 0 Å². The number of imidazole rings is 1. The Kier molecular flexibility index (Phi) is 2.32. The average molecular weight is 169 g/mol. The Labute approximate surface area is 69.2 Å². The normalized spacial score (nSPS) is 10.2. The molecule has 0 fully saturated rings. The van der Waals surface area contributed by atoms with Gasteiger partial charge < -0.3 is 15.3 Å². The van der Waals surface area contributed by atoms with Gasteiger partial charge in [0.05, 0.1) is 0 Å². The maximum absolute atomic E-state index is 11.2. The van der Waals surface area contributed by atoms with E-state index in [1.54, 1.807) is 0 Å². The number of rotatable bonds is 2. The summed E-state index contributed by atoms with van der Waals surface area (Å²) in [6.07, 6.45) is 1.35. The van der Waals surface area contributed by atoms with Crippen LogP contribution in [0, 0.1) is 0 Å². The number of aromatic amines is 2. The lowest BCUT2D eigenvalue weighted by atomic mass is 10.3. The van der Waals surface area contributed by atoms with E-state index in [4.69, 9.17) is 0 Å². The fourth-order valence-electron chi connectivity index (χ4n) is 0.794. The Morgan fingerprint density at radius 2 is 2.25 bits per heavy atom. The summed E-state index contributed by atoms with van der Waals surface area (Å²) in [7, 11) is 0. The third-order valence-corrected chi connectivity index (χ3v) is 1.26. The van der Waals surface area contributed by atoms with Crippen molar-refractivity contribution in [3.8, 4) is 0 Å². The summed E-state index contributed by atoms with van der Waals surface area (Å²) in [6.45, 7) is 3.70. The van der Waals surface area contributed by atoms with Crippen LogP contribution in [-0.2, 0) is 0 Å². The Morgan fingerprint density at radius 1 is 1.58 bits per heavy atom. The first kappa shape index (κ1) is 8.58. The highest BCUT2D eigenvalue weighted by atomic mass is 16.2. The minimum Gasteiger partial charge on any atom is -0.349 e. The number of carbonyl (C=O) groups is 1. The van der Waals surface area contributed by atoms with Crippen molar-refractivity contribution in [3.05, 3.63) is 22.4 Å². The van der Waals surface area contributed by atoms with Crippen LogP contribution in [-0.4, -0.2) is 21.9 Å². The Hall–Kier alpha value is -1.52. The lowest BCUT2D eigenvalue weighted by molar-refractivity contribution is 0.0938. The zero-order chi connectivity index (χ0) is 9.14. The minimum absolute atomic E-state index is 0.0657. The van der Waals surface area contributed by atoms with Crippen molar-refractivity contribution in [1.82, 2.24) is 15.3 Å². The zero-order valence-electron chi connectivity index (χ0n) is 6.97. The molecule has 0 radical (unpaired) electrons. The van der Waals surface area contributed by atoms with Gasteiger partial charge in [-0.25, -0.2) is 4.79 Å². The molecule has 1 rings (SSSR count). The number of hydrogen-bond acceptors (Lipinski definition) is 2. The van der Waals surface area contributed by atoms with Crippen LogP contribution >= 0.6 is 0 Å². The van der Waals surface area contributed by atoms with E-state index in [0.29, 0.717) is 0 Å². The molecule has 0 atom stereocenters. The van der Waals surface area contributed by atoms with Gasteiger partial charge in [0.2, 0.25) is 0 Å². The molecule has 0 spiro atoms. The van der Waals surface area contributed by atoms with Crippen LogP contribution in [0.5, 0.6) is 0 Å². The van der Waals surface area contributed by atoms with Gasteiger partial charge in [0, 0.05) is 12.2 Å². The molecule has 1 amide bonds. The predicted molar refractivity (Wildman–Crippen MR) is 44.0 cm³/mol. The molecule has 0 saturated heterocycles. The molecule has 0 aliphatic rings. The summed E-state index contributed by atoms with van der Waals surface area (Å²) in [5.74, 6) is -0.275. The van der Waals surface area contributed by atoms with Crippen LogP contribution in [0.1, 0.15) is 24.3 Å². The van der Waals surface area contributed by atoms with Crippen LogP contribution in [0.25, 0.3) is 0 Å². The van der Waals surface area contributed by atoms with Crippen molar-refractivity contribution < 1.29 is 4.79 Å². The van der Waals surface area contributed by atoms with Gasteiger partial charge in [-0.1, -0.05) is 0 Å². The first-order valence-electron chi connectivity index (χ1n) is 3.68. The fourth-order valence-corrected chi connectivity index (χ4v) is 0.794. The lowest BCUT2D eigenvalue weighted by Gasteiger charge is -2.05. The SMILES string of the molecule is CC(C)NC(=O)c1c[nH]c(=O)[nH]1. The Bertz CT molecular complexity index is 323. The summed E-state index contributed by atoms with van der Waals surface area (Å²) in [5, 5.41) is 2.64. The number of nitrogens with one attached hydrogen (secondary N) is 3. The summed E-state index contributed by atoms with van der Waals surface area (Å²) in [5.41, 5.74) is -0.113. The van der Waals surface area contributed by atoms with Gasteiger partial charge in [0.25, 0.3) is 5.91 Å². The van der Waals surface area contributed by atoms with Gasteiger partial charge >= 0.3 is 5.69 Å². The van der Waals surface area contributed by atoms with Gasteiger partial charge in [0.1, 0.15) is 5.69 Å². The molecule has 5 nitrogen and oxygen atoms in total. The van der Waals surface area contributed by atoms with Crippen molar-refractivity contribution in [2.75, 3.05) is 0 Å². The molecule has 1 heterocycles. The van der Waals surface area contributed by atoms with E-state index in [-0.39, 0.29) is 23.3 Å². The number of hydrogen-bond donors (Lipinski definition) is 3. The quantitative estimate of drug-likeness (QED) is 0.575. The third-order valence-electron chi connectivity index (χ3n) is 1.26. The van der Waals surface area contributed by atoms with E-state index < -0.39 is 0 Å². The molecule has 3 N–H and O–H groups in total. The summed E-state index contributed by atoms with van der Waals surface area (Å²) in [4.78, 5) is 26.5. The summed E-state index contributed by atoms with van der Waals surface area (Å²) in [6, 6.07) is 0.0657. The second-order valence-electron chi connectivity index (χ2n) is 2.78. The average Bonchev–Trinajstić information content (AvgIpc) is 2.34. The van der Waals surface area contributed by atoms with E-state index in [0.717, 1.165) is 0 Å². The van der Waals surface area contributed by atoms with Crippen molar-refractivity contribution >= 4 is 5.91 Å². The van der Waals surface area contributed by atoms with E-state index in [9.17, 15) is 9.59 Å². The van der Waals surface area contributed by atoms with Crippen molar-refractivity contribution in [2.24, 2.45) is 0 Å². The zero-order valence-corrected chi connectivity index (χ0v) is 6.97.